The van der Waals surface area contributed by atoms with Crippen LogP contribution in [0.15, 0.2) is 17.3 Å². The van der Waals surface area contributed by atoms with E-state index in [1.807, 2.05) is 40.1 Å². The van der Waals surface area contributed by atoms with Crippen LogP contribution in [0.3, 0.4) is 0 Å². The van der Waals surface area contributed by atoms with Crippen molar-refractivity contribution in [2.45, 2.75) is 20.4 Å². The van der Waals surface area contributed by atoms with Crippen LogP contribution in [0.1, 0.15) is 22.3 Å². The lowest BCUT2D eigenvalue weighted by Gasteiger charge is -2.16. The second kappa shape index (κ2) is 4.99. The standard InChI is InChI=1S/C12H19N3O/c1-8-5-10(12(13)14-16)6-9(2)11(8)7-15(3)4/h5-6,16H,7H2,1-4H3,(H2,13,14). The molecule has 1 aromatic carbocycles. The quantitative estimate of drug-likeness (QED) is 0.351. The third kappa shape index (κ3) is 2.73. The molecule has 3 N–H and O–H groups in total. The summed E-state index contributed by atoms with van der Waals surface area (Å²) in [4.78, 5) is 2.12. The SMILES string of the molecule is Cc1cc(C(N)=NO)cc(C)c1CN(C)C. The molecule has 0 aliphatic rings. The van der Waals surface area contributed by atoms with Gasteiger partial charge in [0.05, 0.1) is 0 Å². The highest BCUT2D eigenvalue weighted by Gasteiger charge is 2.08. The van der Waals surface area contributed by atoms with Gasteiger partial charge in [-0.05, 0) is 56.8 Å². The monoisotopic (exact) mass is 221 g/mol. The largest absolute Gasteiger partial charge is 0.409 e. The lowest BCUT2D eigenvalue weighted by Crippen LogP contribution is -2.16. The predicted molar refractivity (Wildman–Crippen MR) is 65.8 cm³/mol. The number of nitrogens with zero attached hydrogens (tertiary/aromatic N) is 2. The van der Waals surface area contributed by atoms with Crippen molar-refractivity contribution in [2.75, 3.05) is 14.1 Å². The smallest absolute Gasteiger partial charge is 0.170 e. The first-order valence-corrected chi connectivity index (χ1v) is 5.18. The molecule has 1 rings (SSSR count). The number of rotatable bonds is 3. The second-order valence-electron chi connectivity index (χ2n) is 4.31. The molecule has 4 heteroatoms. The molecule has 0 aliphatic carbocycles. The number of aryl methyl sites for hydroxylation is 2. The molecule has 0 aromatic heterocycles. The molecule has 0 bridgehead atoms. The van der Waals surface area contributed by atoms with Gasteiger partial charge in [-0.15, -0.1) is 0 Å². The Hall–Kier alpha value is -1.55. The lowest BCUT2D eigenvalue weighted by atomic mass is 9.98. The predicted octanol–water partition coefficient (Wildman–Crippen LogP) is 1.46. The zero-order chi connectivity index (χ0) is 12.3. The molecule has 0 saturated carbocycles. The summed E-state index contributed by atoms with van der Waals surface area (Å²) in [5.74, 6) is 0.155. The molecule has 0 radical (unpaired) electrons. The Balaban J connectivity index is 3.17. The summed E-state index contributed by atoms with van der Waals surface area (Å²) in [6.07, 6.45) is 0. The lowest BCUT2D eigenvalue weighted by molar-refractivity contribution is 0.318. The number of oxime groups is 1. The molecule has 0 unspecified atom stereocenters. The van der Waals surface area contributed by atoms with E-state index >= 15 is 0 Å². The van der Waals surface area contributed by atoms with Crippen LogP contribution in [0.2, 0.25) is 0 Å². The van der Waals surface area contributed by atoms with Crippen LogP contribution >= 0.6 is 0 Å². The zero-order valence-electron chi connectivity index (χ0n) is 10.3. The minimum Gasteiger partial charge on any atom is -0.409 e. The van der Waals surface area contributed by atoms with E-state index in [0.29, 0.717) is 0 Å². The Labute approximate surface area is 96.4 Å². The van der Waals surface area contributed by atoms with E-state index in [4.69, 9.17) is 10.9 Å². The van der Waals surface area contributed by atoms with E-state index < -0.39 is 0 Å². The van der Waals surface area contributed by atoms with Crippen molar-refractivity contribution >= 4 is 5.84 Å². The minimum absolute atomic E-state index is 0.155. The number of hydrogen-bond donors (Lipinski definition) is 2. The average molecular weight is 221 g/mol. The molecule has 0 atom stereocenters. The maximum absolute atomic E-state index is 8.64. The summed E-state index contributed by atoms with van der Waals surface area (Å²) in [7, 11) is 4.08. The van der Waals surface area contributed by atoms with Crippen molar-refractivity contribution in [1.29, 1.82) is 0 Å². The first-order valence-electron chi connectivity index (χ1n) is 5.18. The summed E-state index contributed by atoms with van der Waals surface area (Å²) < 4.78 is 0. The van der Waals surface area contributed by atoms with Gasteiger partial charge >= 0.3 is 0 Å². The van der Waals surface area contributed by atoms with Gasteiger partial charge in [0, 0.05) is 12.1 Å². The fraction of sp³-hybridized carbons (Fsp3) is 0.417. The summed E-state index contributed by atoms with van der Waals surface area (Å²) in [6, 6.07) is 3.89. The molecule has 0 spiro atoms. The summed E-state index contributed by atoms with van der Waals surface area (Å²) in [5, 5.41) is 11.7. The van der Waals surface area contributed by atoms with E-state index in [1.165, 1.54) is 5.56 Å². The van der Waals surface area contributed by atoms with Gasteiger partial charge < -0.3 is 15.8 Å². The third-order valence-electron chi connectivity index (χ3n) is 2.57. The Kier molecular flexibility index (Phi) is 3.90. The van der Waals surface area contributed by atoms with Crippen molar-refractivity contribution in [3.8, 4) is 0 Å². The number of benzene rings is 1. The van der Waals surface area contributed by atoms with Gasteiger partial charge in [0.2, 0.25) is 0 Å². The first kappa shape index (κ1) is 12.5. The molecule has 16 heavy (non-hydrogen) atoms. The third-order valence-corrected chi connectivity index (χ3v) is 2.57. The molecular formula is C12H19N3O. The van der Waals surface area contributed by atoms with Gasteiger partial charge in [-0.2, -0.15) is 0 Å². The molecule has 1 aromatic rings. The van der Waals surface area contributed by atoms with Gasteiger partial charge in [-0.3, -0.25) is 0 Å². The molecule has 88 valence electrons. The summed E-state index contributed by atoms with van der Waals surface area (Å²) >= 11 is 0. The van der Waals surface area contributed by atoms with Crippen molar-refractivity contribution in [2.24, 2.45) is 10.9 Å². The Bertz CT molecular complexity index is 388. The van der Waals surface area contributed by atoms with Crippen LogP contribution in [0.25, 0.3) is 0 Å². The summed E-state index contributed by atoms with van der Waals surface area (Å²) in [6.45, 7) is 4.98. The topological polar surface area (TPSA) is 61.9 Å². The van der Waals surface area contributed by atoms with Crippen molar-refractivity contribution in [3.05, 3.63) is 34.4 Å². The molecule has 0 aliphatic heterocycles. The Morgan fingerprint density at radius 1 is 1.31 bits per heavy atom. The Morgan fingerprint density at radius 3 is 2.19 bits per heavy atom. The van der Waals surface area contributed by atoms with Crippen LogP contribution < -0.4 is 5.73 Å². The molecule has 0 amide bonds. The van der Waals surface area contributed by atoms with Crippen molar-refractivity contribution in [1.82, 2.24) is 4.90 Å². The van der Waals surface area contributed by atoms with E-state index in [0.717, 1.165) is 23.2 Å². The van der Waals surface area contributed by atoms with Gasteiger partial charge in [0.15, 0.2) is 5.84 Å². The van der Waals surface area contributed by atoms with Gasteiger partial charge in [-0.1, -0.05) is 5.16 Å². The number of hydrogen-bond acceptors (Lipinski definition) is 3. The van der Waals surface area contributed by atoms with E-state index in [1.54, 1.807) is 0 Å². The van der Waals surface area contributed by atoms with E-state index in [9.17, 15) is 0 Å². The highest BCUT2D eigenvalue weighted by molar-refractivity contribution is 5.97. The highest BCUT2D eigenvalue weighted by atomic mass is 16.4. The fourth-order valence-electron chi connectivity index (χ4n) is 1.76. The minimum atomic E-state index is 0.155. The highest BCUT2D eigenvalue weighted by Crippen LogP contribution is 2.17. The fourth-order valence-corrected chi connectivity index (χ4v) is 1.76. The van der Waals surface area contributed by atoms with Crippen LogP contribution in [0.5, 0.6) is 0 Å². The van der Waals surface area contributed by atoms with Gasteiger partial charge in [-0.25, -0.2) is 0 Å². The molecule has 4 nitrogen and oxygen atoms in total. The number of amidine groups is 1. The van der Waals surface area contributed by atoms with Crippen molar-refractivity contribution in [3.63, 3.8) is 0 Å². The molecule has 0 fully saturated rings. The first-order chi connectivity index (χ1) is 7.45. The Morgan fingerprint density at radius 2 is 1.81 bits per heavy atom. The van der Waals surface area contributed by atoms with Crippen LogP contribution in [0, 0.1) is 13.8 Å². The van der Waals surface area contributed by atoms with Gasteiger partial charge in [0.25, 0.3) is 0 Å². The van der Waals surface area contributed by atoms with Gasteiger partial charge in [0.1, 0.15) is 0 Å². The van der Waals surface area contributed by atoms with Crippen molar-refractivity contribution < 1.29 is 5.21 Å². The average Bonchev–Trinajstić information content (AvgIpc) is 2.21. The van der Waals surface area contributed by atoms with E-state index in [2.05, 4.69) is 10.1 Å². The maximum Gasteiger partial charge on any atom is 0.170 e. The molecule has 0 heterocycles. The number of nitrogens with two attached hydrogens (primary N) is 1. The summed E-state index contributed by atoms with van der Waals surface area (Å²) in [5.41, 5.74) is 9.95. The zero-order valence-corrected chi connectivity index (χ0v) is 10.3. The van der Waals surface area contributed by atoms with Crippen LogP contribution in [-0.4, -0.2) is 30.0 Å². The van der Waals surface area contributed by atoms with Crippen LogP contribution in [0.4, 0.5) is 0 Å². The second-order valence-corrected chi connectivity index (χ2v) is 4.31. The van der Waals surface area contributed by atoms with Crippen LogP contribution in [-0.2, 0) is 6.54 Å². The maximum atomic E-state index is 8.64. The normalized spacial score (nSPS) is 12.2. The molecule has 0 saturated heterocycles. The van der Waals surface area contributed by atoms with E-state index in [-0.39, 0.29) is 5.84 Å². The molecular weight excluding hydrogens is 202 g/mol.